The molecule has 4 aromatic rings. The van der Waals surface area contributed by atoms with E-state index in [4.69, 9.17) is 16.6 Å². The lowest BCUT2D eigenvalue weighted by Gasteiger charge is -1.98. The average molecular weight is 379 g/mol. The van der Waals surface area contributed by atoms with Gasteiger partial charge >= 0.3 is 11.0 Å². The van der Waals surface area contributed by atoms with Crippen molar-refractivity contribution in [1.29, 1.82) is 0 Å². The second kappa shape index (κ2) is 7.68. The zero-order chi connectivity index (χ0) is 17.8. The highest BCUT2D eigenvalue weighted by Gasteiger charge is 2.24. The lowest BCUT2D eigenvalue weighted by atomic mass is 10.2. The lowest BCUT2D eigenvalue weighted by Crippen LogP contribution is -2.27. The molecule has 1 N–H and O–H groups in total. The van der Waals surface area contributed by atoms with Crippen LogP contribution in [0.15, 0.2) is 84.9 Å². The minimum absolute atomic E-state index is 0.725. The Kier molecular flexibility index (Phi) is 4.95. The van der Waals surface area contributed by atoms with Crippen LogP contribution in [0.1, 0.15) is 5.56 Å². The molecular weight excluding hydrogens is 362 g/mol. The van der Waals surface area contributed by atoms with Crippen molar-refractivity contribution in [3.63, 3.8) is 0 Å². The van der Waals surface area contributed by atoms with Crippen LogP contribution in [0.5, 0.6) is 0 Å². The summed E-state index contributed by atoms with van der Waals surface area (Å²) in [6, 6.07) is 28.3. The monoisotopic (exact) mass is 378 g/mol. The van der Waals surface area contributed by atoms with Gasteiger partial charge in [0.25, 0.3) is 0 Å². The molecule has 1 heterocycles. The van der Waals surface area contributed by atoms with Crippen LogP contribution in [-0.2, 0) is 6.54 Å². The maximum atomic E-state index is 6.04. The van der Waals surface area contributed by atoms with Crippen LogP contribution in [0, 0.1) is 0 Å². The molecule has 0 atom stereocenters. The molecule has 0 unspecified atom stereocenters. The molecule has 0 spiro atoms. The molecular formula is C21H17ClN3S+. The minimum Gasteiger partial charge on any atom is -0.334 e. The van der Waals surface area contributed by atoms with Gasteiger partial charge in [0.1, 0.15) is 17.2 Å². The summed E-state index contributed by atoms with van der Waals surface area (Å²) >= 11 is 7.63. The van der Waals surface area contributed by atoms with E-state index in [9.17, 15) is 0 Å². The van der Waals surface area contributed by atoms with E-state index in [1.54, 1.807) is 11.5 Å². The molecule has 4 rings (SSSR count). The zero-order valence-corrected chi connectivity index (χ0v) is 15.5. The fourth-order valence-corrected chi connectivity index (χ4v) is 3.68. The van der Waals surface area contributed by atoms with Crippen molar-refractivity contribution in [1.82, 2.24) is 4.98 Å². The third-order valence-electron chi connectivity index (χ3n) is 3.96. The molecule has 3 aromatic carbocycles. The fourth-order valence-electron chi connectivity index (χ4n) is 2.66. The molecule has 1 aromatic heterocycles. The number of hydrogen-bond acceptors (Lipinski definition) is 3. The molecule has 0 radical (unpaired) electrons. The van der Waals surface area contributed by atoms with Crippen LogP contribution in [0.3, 0.4) is 0 Å². The van der Waals surface area contributed by atoms with Crippen LogP contribution in [0.4, 0.5) is 5.13 Å². The third kappa shape index (κ3) is 3.77. The molecule has 0 aliphatic carbocycles. The van der Waals surface area contributed by atoms with Crippen LogP contribution < -0.4 is 9.27 Å². The first-order chi connectivity index (χ1) is 12.8. The highest BCUT2D eigenvalue weighted by Crippen LogP contribution is 2.23. The molecule has 0 bridgehead atoms. The normalized spacial score (nSPS) is 10.7. The van der Waals surface area contributed by atoms with Gasteiger partial charge in [-0.25, -0.2) is 0 Å². The lowest BCUT2D eigenvalue weighted by molar-refractivity contribution is -0.509. The summed E-state index contributed by atoms with van der Waals surface area (Å²) in [6.07, 6.45) is 0. The first-order valence-electron chi connectivity index (χ1n) is 8.32. The van der Waals surface area contributed by atoms with E-state index in [2.05, 4.69) is 33.5 Å². The molecule has 0 amide bonds. The number of rotatable bonds is 5. The second-order valence-electron chi connectivity index (χ2n) is 5.81. The minimum atomic E-state index is 0.725. The highest BCUT2D eigenvalue weighted by molar-refractivity contribution is 7.06. The standard InChI is InChI=1S/C21H16ClN3S/c22-18-11-13-19(14-12-18)25-20(17-9-5-2-6-10-17)24-21(26-25)23-15-16-7-3-1-4-8-16/h1-14H,15H2/p+1. The van der Waals surface area contributed by atoms with Gasteiger partial charge in [0.2, 0.25) is 0 Å². The third-order valence-corrected chi connectivity index (χ3v) is 5.18. The van der Waals surface area contributed by atoms with Crippen molar-refractivity contribution in [2.24, 2.45) is 0 Å². The Hall–Kier alpha value is -2.69. The molecule has 0 aliphatic rings. The van der Waals surface area contributed by atoms with Gasteiger partial charge in [0.05, 0.1) is 5.56 Å². The van der Waals surface area contributed by atoms with Gasteiger partial charge in [0.15, 0.2) is 0 Å². The number of aromatic nitrogens is 2. The van der Waals surface area contributed by atoms with Crippen molar-refractivity contribution in [3.8, 4) is 17.1 Å². The number of nitrogens with one attached hydrogen (secondary N) is 1. The Balaban J connectivity index is 1.69. The summed E-state index contributed by atoms with van der Waals surface area (Å²) in [5.41, 5.74) is 3.34. The number of hydrogen-bond donors (Lipinski definition) is 1. The highest BCUT2D eigenvalue weighted by atomic mass is 35.5. The van der Waals surface area contributed by atoms with Crippen molar-refractivity contribution < 1.29 is 3.96 Å². The Morgan fingerprint density at radius 2 is 1.50 bits per heavy atom. The predicted molar refractivity (Wildman–Crippen MR) is 108 cm³/mol. The predicted octanol–water partition coefficient (Wildman–Crippen LogP) is 5.35. The van der Waals surface area contributed by atoms with Crippen LogP contribution in [-0.4, -0.2) is 4.98 Å². The molecule has 0 fully saturated rings. The maximum absolute atomic E-state index is 6.04. The SMILES string of the molecule is Clc1ccc(-[n+]2sc(NCc3ccccc3)nc2-c2ccccc2)cc1. The van der Waals surface area contributed by atoms with Crippen molar-refractivity contribution in [2.75, 3.05) is 5.32 Å². The summed E-state index contributed by atoms with van der Waals surface area (Å²) in [5.74, 6) is 0.911. The van der Waals surface area contributed by atoms with Crippen LogP contribution in [0.25, 0.3) is 17.1 Å². The van der Waals surface area contributed by atoms with Gasteiger partial charge in [-0.05, 0) is 46.9 Å². The van der Waals surface area contributed by atoms with Crippen LogP contribution in [0.2, 0.25) is 5.02 Å². The number of anilines is 1. The van der Waals surface area contributed by atoms with E-state index in [-0.39, 0.29) is 0 Å². The molecule has 0 aliphatic heterocycles. The van der Waals surface area contributed by atoms with Gasteiger partial charge < -0.3 is 5.32 Å². The summed E-state index contributed by atoms with van der Waals surface area (Å²) in [7, 11) is 0. The van der Waals surface area contributed by atoms with Crippen molar-refractivity contribution >= 4 is 28.3 Å². The quantitative estimate of drug-likeness (QED) is 0.474. The Bertz CT molecular complexity index is 983. The number of nitrogens with zero attached hydrogens (tertiary/aromatic N) is 2. The van der Waals surface area contributed by atoms with Crippen molar-refractivity contribution in [2.45, 2.75) is 6.54 Å². The Labute approximate surface area is 161 Å². The van der Waals surface area contributed by atoms with Gasteiger partial charge in [-0.1, -0.05) is 60.1 Å². The molecule has 26 heavy (non-hydrogen) atoms. The van der Waals surface area contributed by atoms with E-state index in [1.807, 2.05) is 60.7 Å². The molecule has 3 nitrogen and oxygen atoms in total. The first kappa shape index (κ1) is 16.8. The fraction of sp³-hybridized carbons (Fsp3) is 0.0476. The average Bonchev–Trinajstić information content (AvgIpc) is 3.13. The largest absolute Gasteiger partial charge is 0.350 e. The van der Waals surface area contributed by atoms with Crippen LogP contribution >= 0.6 is 23.1 Å². The zero-order valence-electron chi connectivity index (χ0n) is 14.0. The smallest absolute Gasteiger partial charge is 0.334 e. The summed E-state index contributed by atoms with van der Waals surface area (Å²) in [4.78, 5) is 4.83. The summed E-state index contributed by atoms with van der Waals surface area (Å²) in [6.45, 7) is 0.739. The van der Waals surface area contributed by atoms with Gasteiger partial charge in [0, 0.05) is 11.6 Å². The van der Waals surface area contributed by atoms with E-state index in [0.29, 0.717) is 0 Å². The first-order valence-corrected chi connectivity index (χ1v) is 9.47. The number of benzene rings is 3. The maximum Gasteiger partial charge on any atom is 0.350 e. The number of halogens is 1. The van der Waals surface area contributed by atoms with E-state index in [0.717, 1.165) is 33.8 Å². The van der Waals surface area contributed by atoms with Gasteiger partial charge in [-0.2, -0.15) is 0 Å². The second-order valence-corrected chi connectivity index (χ2v) is 7.18. The van der Waals surface area contributed by atoms with E-state index in [1.165, 1.54) is 5.56 Å². The van der Waals surface area contributed by atoms with E-state index < -0.39 is 0 Å². The Morgan fingerprint density at radius 1 is 0.846 bits per heavy atom. The topological polar surface area (TPSA) is 28.8 Å². The van der Waals surface area contributed by atoms with Gasteiger partial charge in [-0.15, -0.1) is 3.96 Å². The molecule has 0 saturated heterocycles. The van der Waals surface area contributed by atoms with Crippen molar-refractivity contribution in [3.05, 3.63) is 95.5 Å². The summed E-state index contributed by atoms with van der Waals surface area (Å²) in [5, 5.41) is 5.04. The molecule has 5 heteroatoms. The Morgan fingerprint density at radius 3 is 2.19 bits per heavy atom. The van der Waals surface area contributed by atoms with E-state index >= 15 is 0 Å². The molecule has 0 saturated carbocycles. The van der Waals surface area contributed by atoms with Gasteiger partial charge in [-0.3, -0.25) is 0 Å². The molecule has 128 valence electrons. The summed E-state index contributed by atoms with van der Waals surface area (Å²) < 4.78 is 2.12.